The second kappa shape index (κ2) is 7.09. The lowest BCUT2D eigenvalue weighted by molar-refractivity contribution is -0.385. The highest BCUT2D eigenvalue weighted by atomic mass is 32.2. The topological polar surface area (TPSA) is 116 Å². The highest BCUT2D eigenvalue weighted by molar-refractivity contribution is 7.90. The Bertz CT molecular complexity index is 862. The molecule has 0 unspecified atom stereocenters. The summed E-state index contributed by atoms with van der Waals surface area (Å²) < 4.78 is 27.9. The van der Waals surface area contributed by atoms with Gasteiger partial charge in [-0.2, -0.15) is 0 Å². The second-order valence-electron chi connectivity index (χ2n) is 4.86. The van der Waals surface area contributed by atoms with Gasteiger partial charge in [-0.25, -0.2) is 8.42 Å². The van der Waals surface area contributed by atoms with Crippen LogP contribution < -0.4 is 10.1 Å². The molecule has 0 saturated heterocycles. The standard InChI is InChI=1S/C15H14N2O6S/c1-24(21,22)12-8-6-11(7-9-12)16-15(18)10-23-14-5-3-2-4-13(14)17(19)20/h2-9H,10H2,1H3,(H,16,18). The zero-order valence-corrected chi connectivity index (χ0v) is 13.4. The fraction of sp³-hybridized carbons (Fsp3) is 0.133. The first-order valence-electron chi connectivity index (χ1n) is 6.73. The van der Waals surface area contributed by atoms with Gasteiger partial charge in [-0.3, -0.25) is 14.9 Å². The van der Waals surface area contributed by atoms with E-state index in [0.29, 0.717) is 5.69 Å². The maximum atomic E-state index is 11.8. The Morgan fingerprint density at radius 1 is 1.17 bits per heavy atom. The van der Waals surface area contributed by atoms with Gasteiger partial charge in [0, 0.05) is 18.0 Å². The Kier molecular flexibility index (Phi) is 5.14. The van der Waals surface area contributed by atoms with E-state index in [2.05, 4.69) is 5.32 Å². The van der Waals surface area contributed by atoms with Crippen LogP contribution >= 0.6 is 0 Å². The number of hydrogen-bond acceptors (Lipinski definition) is 6. The van der Waals surface area contributed by atoms with Crippen LogP contribution in [0.1, 0.15) is 0 Å². The van der Waals surface area contributed by atoms with Crippen molar-refractivity contribution in [2.24, 2.45) is 0 Å². The third-order valence-electron chi connectivity index (χ3n) is 2.99. The number of carbonyl (C=O) groups is 1. The zero-order chi connectivity index (χ0) is 17.7. The molecule has 1 N–H and O–H groups in total. The minimum atomic E-state index is -3.31. The molecular formula is C15H14N2O6S. The number of ether oxygens (including phenoxy) is 1. The minimum Gasteiger partial charge on any atom is -0.477 e. The largest absolute Gasteiger partial charge is 0.477 e. The summed E-state index contributed by atoms with van der Waals surface area (Å²) in [7, 11) is -3.31. The molecule has 8 nitrogen and oxygen atoms in total. The van der Waals surface area contributed by atoms with Crippen molar-refractivity contribution in [3.05, 3.63) is 58.6 Å². The number of rotatable bonds is 6. The minimum absolute atomic E-state index is 0.00919. The van der Waals surface area contributed by atoms with E-state index in [1.54, 1.807) is 6.07 Å². The molecule has 0 aliphatic carbocycles. The molecular weight excluding hydrogens is 336 g/mol. The molecule has 1 amide bonds. The molecule has 0 bridgehead atoms. The van der Waals surface area contributed by atoms with Crippen molar-refractivity contribution in [1.29, 1.82) is 0 Å². The average molecular weight is 350 g/mol. The summed E-state index contributed by atoms with van der Waals surface area (Å²) in [5.41, 5.74) is 0.154. The molecule has 0 radical (unpaired) electrons. The molecule has 0 aromatic heterocycles. The Morgan fingerprint density at radius 2 is 1.79 bits per heavy atom. The van der Waals surface area contributed by atoms with E-state index in [9.17, 15) is 23.3 Å². The van der Waals surface area contributed by atoms with E-state index in [1.807, 2.05) is 0 Å². The van der Waals surface area contributed by atoms with Gasteiger partial charge in [0.2, 0.25) is 0 Å². The molecule has 0 spiro atoms. The lowest BCUT2D eigenvalue weighted by Crippen LogP contribution is -2.20. The average Bonchev–Trinajstić information content (AvgIpc) is 2.53. The summed E-state index contributed by atoms with van der Waals surface area (Å²) in [6.45, 7) is -0.418. The summed E-state index contributed by atoms with van der Waals surface area (Å²) >= 11 is 0. The molecule has 0 heterocycles. The first-order chi connectivity index (χ1) is 11.3. The number of para-hydroxylation sites is 2. The van der Waals surface area contributed by atoms with Gasteiger partial charge in [0.05, 0.1) is 9.82 Å². The predicted octanol–water partition coefficient (Wildman–Crippen LogP) is 2.02. The molecule has 9 heteroatoms. The van der Waals surface area contributed by atoms with Gasteiger partial charge < -0.3 is 10.1 Å². The molecule has 0 aliphatic rings. The van der Waals surface area contributed by atoms with Crippen LogP contribution in [0.2, 0.25) is 0 Å². The van der Waals surface area contributed by atoms with Crippen LogP contribution in [-0.2, 0) is 14.6 Å². The first kappa shape index (κ1) is 17.4. The predicted molar refractivity (Wildman–Crippen MR) is 86.8 cm³/mol. The molecule has 126 valence electrons. The van der Waals surface area contributed by atoms with Crippen molar-refractivity contribution in [3.63, 3.8) is 0 Å². The van der Waals surface area contributed by atoms with Crippen LogP contribution in [0.25, 0.3) is 0 Å². The molecule has 2 aromatic carbocycles. The molecule has 24 heavy (non-hydrogen) atoms. The molecule has 2 rings (SSSR count). The number of anilines is 1. The van der Waals surface area contributed by atoms with Crippen LogP contribution in [-0.4, -0.2) is 32.1 Å². The third kappa shape index (κ3) is 4.53. The van der Waals surface area contributed by atoms with Crippen molar-refractivity contribution in [1.82, 2.24) is 0 Å². The number of sulfone groups is 1. The highest BCUT2D eigenvalue weighted by Gasteiger charge is 2.15. The quantitative estimate of drug-likeness (QED) is 0.629. The lowest BCUT2D eigenvalue weighted by Gasteiger charge is -2.08. The van der Waals surface area contributed by atoms with Gasteiger partial charge in [-0.05, 0) is 30.3 Å². The Morgan fingerprint density at radius 3 is 2.38 bits per heavy atom. The van der Waals surface area contributed by atoms with E-state index in [-0.39, 0.29) is 16.3 Å². The maximum absolute atomic E-state index is 11.8. The summed E-state index contributed by atoms with van der Waals surface area (Å²) in [5.74, 6) is -0.537. The number of hydrogen-bond donors (Lipinski definition) is 1. The van der Waals surface area contributed by atoms with Gasteiger partial charge in [0.1, 0.15) is 0 Å². The molecule has 2 aromatic rings. The van der Waals surface area contributed by atoms with E-state index in [4.69, 9.17) is 4.74 Å². The lowest BCUT2D eigenvalue weighted by atomic mass is 10.3. The number of nitrogens with zero attached hydrogens (tertiary/aromatic N) is 1. The number of amides is 1. The van der Waals surface area contributed by atoms with E-state index < -0.39 is 27.3 Å². The molecule has 0 aliphatic heterocycles. The Hall–Kier alpha value is -2.94. The maximum Gasteiger partial charge on any atom is 0.310 e. The summed E-state index contributed by atoms with van der Waals surface area (Å²) in [6, 6.07) is 11.3. The van der Waals surface area contributed by atoms with Crippen molar-refractivity contribution in [2.45, 2.75) is 4.90 Å². The molecule has 0 fully saturated rings. The highest BCUT2D eigenvalue weighted by Crippen LogP contribution is 2.25. The summed E-state index contributed by atoms with van der Waals surface area (Å²) in [4.78, 5) is 22.2. The number of nitrogens with one attached hydrogen (secondary N) is 1. The van der Waals surface area contributed by atoms with E-state index >= 15 is 0 Å². The molecule has 0 atom stereocenters. The fourth-order valence-electron chi connectivity index (χ4n) is 1.86. The van der Waals surface area contributed by atoms with Crippen LogP contribution in [0.15, 0.2) is 53.4 Å². The van der Waals surface area contributed by atoms with Crippen molar-refractivity contribution in [2.75, 3.05) is 18.2 Å². The number of benzene rings is 2. The van der Waals surface area contributed by atoms with Crippen LogP contribution in [0, 0.1) is 10.1 Å². The smallest absolute Gasteiger partial charge is 0.310 e. The van der Waals surface area contributed by atoms with Gasteiger partial charge in [-0.1, -0.05) is 12.1 Å². The molecule has 0 saturated carbocycles. The van der Waals surface area contributed by atoms with E-state index in [0.717, 1.165) is 6.26 Å². The normalized spacial score (nSPS) is 10.9. The summed E-state index contributed by atoms with van der Waals surface area (Å²) in [5, 5.41) is 13.4. The van der Waals surface area contributed by atoms with Gasteiger partial charge in [0.15, 0.2) is 22.2 Å². The van der Waals surface area contributed by atoms with Crippen molar-refractivity contribution >= 4 is 27.1 Å². The van der Waals surface area contributed by atoms with Crippen LogP contribution in [0.4, 0.5) is 11.4 Å². The number of nitro groups is 1. The Labute approximate surface area is 138 Å². The van der Waals surface area contributed by atoms with Crippen molar-refractivity contribution < 1.29 is 22.9 Å². The SMILES string of the molecule is CS(=O)(=O)c1ccc(NC(=O)COc2ccccc2[N+](=O)[O-])cc1. The van der Waals surface area contributed by atoms with Gasteiger partial charge in [-0.15, -0.1) is 0 Å². The van der Waals surface area contributed by atoms with Gasteiger partial charge >= 0.3 is 5.69 Å². The second-order valence-corrected chi connectivity index (χ2v) is 6.87. The Balaban J connectivity index is 1.98. The third-order valence-corrected chi connectivity index (χ3v) is 4.12. The van der Waals surface area contributed by atoms with E-state index in [1.165, 1.54) is 42.5 Å². The zero-order valence-electron chi connectivity index (χ0n) is 12.6. The van der Waals surface area contributed by atoms with Crippen LogP contribution in [0.5, 0.6) is 5.75 Å². The fourth-order valence-corrected chi connectivity index (χ4v) is 2.49. The van der Waals surface area contributed by atoms with Crippen molar-refractivity contribution in [3.8, 4) is 5.75 Å². The monoisotopic (exact) mass is 350 g/mol. The number of carbonyl (C=O) groups excluding carboxylic acids is 1. The van der Waals surface area contributed by atoms with Gasteiger partial charge in [0.25, 0.3) is 5.91 Å². The van der Waals surface area contributed by atoms with Crippen LogP contribution in [0.3, 0.4) is 0 Å². The first-order valence-corrected chi connectivity index (χ1v) is 8.63. The summed E-state index contributed by atoms with van der Waals surface area (Å²) in [6.07, 6.45) is 1.08. The number of nitro benzene ring substituents is 1.